The maximum Gasteiger partial charge on any atom is 0.410 e. The Morgan fingerprint density at radius 3 is 2.79 bits per heavy atom. The van der Waals surface area contributed by atoms with Gasteiger partial charge in [0.1, 0.15) is 11.2 Å². The van der Waals surface area contributed by atoms with E-state index in [4.69, 9.17) is 14.2 Å². The number of hydrogen-bond donors (Lipinski definition) is 1. The summed E-state index contributed by atoms with van der Waals surface area (Å²) < 4.78 is 18.9. The highest BCUT2D eigenvalue weighted by Crippen LogP contribution is 2.56. The van der Waals surface area contributed by atoms with E-state index in [1.807, 2.05) is 37.8 Å². The van der Waals surface area contributed by atoms with Crippen LogP contribution in [0.15, 0.2) is 29.8 Å². The van der Waals surface area contributed by atoms with Crippen molar-refractivity contribution in [1.29, 1.82) is 0 Å². The number of fused-ring (bicyclic) bond motifs is 4. The Hall–Kier alpha value is -2.21. The van der Waals surface area contributed by atoms with Crippen LogP contribution in [0.3, 0.4) is 0 Å². The van der Waals surface area contributed by atoms with Gasteiger partial charge in [-0.2, -0.15) is 0 Å². The molecule has 6 nitrogen and oxygen atoms in total. The van der Waals surface area contributed by atoms with Crippen molar-refractivity contribution in [3.8, 4) is 11.5 Å². The number of benzene rings is 1. The lowest BCUT2D eigenvalue weighted by Gasteiger charge is -2.54. The summed E-state index contributed by atoms with van der Waals surface area (Å²) in [5.41, 5.74) is 1.25. The summed E-state index contributed by atoms with van der Waals surface area (Å²) in [6.07, 6.45) is 5.40. The molecule has 182 valence electrons. The standard InChI is InChI=1S/C27H39NO5/c1-17(2)9-8-13-27(6)20-15-18-16-28(25(30)33-26(3,4)5)14-12-22(18)31-23(20)19-10-7-11-21(29)24(19)32-27/h7,9-11,18,20,22-23,29H,8,12-16H2,1-6H3/t18-,20-,22-,23+,27-/m0/s1. The van der Waals surface area contributed by atoms with Crippen LogP contribution in [0.5, 0.6) is 11.5 Å². The molecule has 33 heavy (non-hydrogen) atoms. The van der Waals surface area contributed by atoms with Gasteiger partial charge in [0.25, 0.3) is 0 Å². The zero-order valence-electron chi connectivity index (χ0n) is 20.9. The highest BCUT2D eigenvalue weighted by Gasteiger charge is 2.53. The van der Waals surface area contributed by atoms with Gasteiger partial charge in [0, 0.05) is 30.5 Å². The summed E-state index contributed by atoms with van der Waals surface area (Å²) in [7, 11) is 0. The minimum atomic E-state index is -0.505. The number of aromatic hydroxyl groups is 1. The summed E-state index contributed by atoms with van der Waals surface area (Å²) in [5.74, 6) is 1.10. The maximum atomic E-state index is 12.7. The second kappa shape index (κ2) is 8.86. The lowest BCUT2D eigenvalue weighted by molar-refractivity contribution is -0.191. The molecule has 5 atom stereocenters. The number of carbonyl (C=O) groups is 1. The zero-order valence-corrected chi connectivity index (χ0v) is 20.9. The van der Waals surface area contributed by atoms with Gasteiger partial charge in [0.15, 0.2) is 11.5 Å². The van der Waals surface area contributed by atoms with E-state index in [1.165, 1.54) is 5.57 Å². The van der Waals surface area contributed by atoms with E-state index >= 15 is 0 Å². The van der Waals surface area contributed by atoms with Gasteiger partial charge >= 0.3 is 6.09 Å². The molecular weight excluding hydrogens is 418 g/mol. The number of para-hydroxylation sites is 1. The molecule has 2 fully saturated rings. The van der Waals surface area contributed by atoms with E-state index in [1.54, 1.807) is 6.07 Å². The SMILES string of the molecule is CC(C)=CCC[C@]1(C)Oc2c(O)cccc2[C@H]2O[C@H]3CCN(C(=O)OC(C)(C)C)C[C@@H]3C[C@@H]21. The minimum absolute atomic E-state index is 0.0836. The number of allylic oxidation sites excluding steroid dienone is 2. The number of rotatable bonds is 3. The van der Waals surface area contributed by atoms with E-state index in [2.05, 4.69) is 26.8 Å². The average molecular weight is 458 g/mol. The van der Waals surface area contributed by atoms with Crippen LogP contribution in [0, 0.1) is 11.8 Å². The van der Waals surface area contributed by atoms with Crippen molar-refractivity contribution in [2.75, 3.05) is 13.1 Å². The Labute approximate surface area is 197 Å². The Bertz CT molecular complexity index is 916. The predicted molar refractivity (Wildman–Crippen MR) is 127 cm³/mol. The summed E-state index contributed by atoms with van der Waals surface area (Å²) >= 11 is 0. The second-order valence-electron chi connectivity index (χ2n) is 11.3. The van der Waals surface area contributed by atoms with Crippen molar-refractivity contribution in [1.82, 2.24) is 4.90 Å². The van der Waals surface area contributed by atoms with Crippen LogP contribution in [0.2, 0.25) is 0 Å². The largest absolute Gasteiger partial charge is 0.504 e. The molecule has 3 aliphatic heterocycles. The molecule has 0 bridgehead atoms. The van der Waals surface area contributed by atoms with Crippen LogP contribution in [-0.4, -0.2) is 46.5 Å². The van der Waals surface area contributed by atoms with E-state index in [9.17, 15) is 9.90 Å². The molecule has 0 unspecified atom stereocenters. The highest BCUT2D eigenvalue weighted by atomic mass is 16.6. The average Bonchev–Trinajstić information content (AvgIpc) is 2.72. The van der Waals surface area contributed by atoms with Crippen molar-refractivity contribution in [2.45, 2.75) is 90.6 Å². The van der Waals surface area contributed by atoms with E-state index in [0.717, 1.165) is 31.2 Å². The first-order valence-corrected chi connectivity index (χ1v) is 12.2. The quantitative estimate of drug-likeness (QED) is 0.565. The first-order valence-electron chi connectivity index (χ1n) is 12.2. The zero-order chi connectivity index (χ0) is 24.0. The number of ether oxygens (including phenoxy) is 3. The molecule has 1 aromatic rings. The molecule has 4 rings (SSSR count). The molecule has 0 aromatic heterocycles. The molecule has 2 saturated heterocycles. The fraction of sp³-hybridized carbons (Fsp3) is 0.667. The van der Waals surface area contributed by atoms with E-state index in [-0.39, 0.29) is 35.9 Å². The van der Waals surface area contributed by atoms with Gasteiger partial charge in [-0.05, 0) is 73.3 Å². The summed E-state index contributed by atoms with van der Waals surface area (Å²) in [4.78, 5) is 14.5. The van der Waals surface area contributed by atoms with Crippen molar-refractivity contribution < 1.29 is 24.1 Å². The Morgan fingerprint density at radius 1 is 1.33 bits per heavy atom. The van der Waals surface area contributed by atoms with Crippen LogP contribution < -0.4 is 4.74 Å². The molecule has 0 aliphatic carbocycles. The van der Waals surface area contributed by atoms with E-state index in [0.29, 0.717) is 18.8 Å². The predicted octanol–water partition coefficient (Wildman–Crippen LogP) is 5.99. The van der Waals surface area contributed by atoms with Crippen molar-refractivity contribution in [2.24, 2.45) is 11.8 Å². The molecule has 0 radical (unpaired) electrons. The summed E-state index contributed by atoms with van der Waals surface area (Å²) in [6.45, 7) is 13.3. The molecule has 1 N–H and O–H groups in total. The van der Waals surface area contributed by atoms with E-state index < -0.39 is 11.2 Å². The molecule has 3 aliphatic rings. The van der Waals surface area contributed by atoms with Gasteiger partial charge in [-0.15, -0.1) is 0 Å². The molecule has 0 spiro atoms. The normalized spacial score (nSPS) is 30.9. The lowest BCUT2D eigenvalue weighted by Crippen LogP contribution is -2.57. The minimum Gasteiger partial charge on any atom is -0.504 e. The van der Waals surface area contributed by atoms with Crippen molar-refractivity contribution >= 4 is 6.09 Å². The van der Waals surface area contributed by atoms with Gasteiger partial charge in [-0.25, -0.2) is 4.79 Å². The number of phenols is 1. The number of hydrogen-bond acceptors (Lipinski definition) is 5. The van der Waals surface area contributed by atoms with Gasteiger partial charge in [0.2, 0.25) is 0 Å². The summed E-state index contributed by atoms with van der Waals surface area (Å²) in [6, 6.07) is 5.56. The van der Waals surface area contributed by atoms with Crippen LogP contribution in [0.4, 0.5) is 4.79 Å². The molecule has 0 saturated carbocycles. The number of nitrogens with zero attached hydrogens (tertiary/aromatic N) is 1. The monoisotopic (exact) mass is 457 g/mol. The fourth-order valence-corrected chi connectivity index (χ4v) is 5.57. The molecule has 1 aromatic carbocycles. The van der Waals surface area contributed by atoms with Gasteiger partial charge < -0.3 is 24.2 Å². The highest BCUT2D eigenvalue weighted by molar-refractivity contribution is 5.68. The third-order valence-corrected chi connectivity index (χ3v) is 7.20. The van der Waals surface area contributed by atoms with Crippen LogP contribution in [0.1, 0.15) is 78.9 Å². The third kappa shape index (κ3) is 5.01. The fourth-order valence-electron chi connectivity index (χ4n) is 5.57. The first-order chi connectivity index (χ1) is 15.5. The van der Waals surface area contributed by atoms with Crippen LogP contribution in [0.25, 0.3) is 0 Å². The number of carbonyl (C=O) groups excluding carboxylic acids is 1. The van der Waals surface area contributed by atoms with Gasteiger partial charge in [0.05, 0.1) is 12.2 Å². The van der Waals surface area contributed by atoms with Crippen LogP contribution >= 0.6 is 0 Å². The number of piperidine rings is 1. The Balaban J connectivity index is 1.59. The van der Waals surface area contributed by atoms with Crippen molar-refractivity contribution in [3.05, 3.63) is 35.4 Å². The van der Waals surface area contributed by atoms with Gasteiger partial charge in [-0.1, -0.05) is 23.8 Å². The molecule has 6 heteroatoms. The smallest absolute Gasteiger partial charge is 0.410 e. The van der Waals surface area contributed by atoms with Crippen LogP contribution in [-0.2, 0) is 9.47 Å². The third-order valence-electron chi connectivity index (χ3n) is 7.20. The molecule has 1 amide bonds. The maximum absolute atomic E-state index is 12.7. The molecule has 3 heterocycles. The summed E-state index contributed by atoms with van der Waals surface area (Å²) in [5, 5.41) is 10.6. The Kier molecular flexibility index (Phi) is 6.43. The Morgan fingerprint density at radius 2 is 2.09 bits per heavy atom. The number of phenolic OH excluding ortho intramolecular Hbond substituents is 1. The van der Waals surface area contributed by atoms with Gasteiger partial charge in [-0.3, -0.25) is 0 Å². The van der Waals surface area contributed by atoms with Crippen molar-refractivity contribution in [3.63, 3.8) is 0 Å². The lowest BCUT2D eigenvalue weighted by atomic mass is 9.68. The molecular formula is C27H39NO5. The number of amides is 1. The second-order valence-corrected chi connectivity index (χ2v) is 11.3. The number of likely N-dealkylation sites (tertiary alicyclic amines) is 1. The first kappa shape index (κ1) is 23.9. The topological polar surface area (TPSA) is 68.2 Å².